The first kappa shape index (κ1) is 1.19. The summed E-state index contributed by atoms with van der Waals surface area (Å²) in [5.74, 6) is 0. The Morgan fingerprint density at radius 3 is 3.00 bits per heavy atom. The molecule has 0 aromatic carbocycles. The second kappa shape index (κ2) is 1.97. The molecule has 0 aliphatic heterocycles. The van der Waals surface area contributed by atoms with Crippen molar-refractivity contribution in [3.05, 3.63) is 0 Å². The zero-order chi connectivity index (χ0) is 13.6. The third kappa shape index (κ3) is 2.83. The molecule has 1 nitrogen and oxygen atoms in total. The third-order valence-corrected chi connectivity index (χ3v) is 1.04. The smallest absolute Gasteiger partial charge is 0.124 e. The van der Waals surface area contributed by atoms with Gasteiger partial charge in [0.15, 0.2) is 0 Å². The summed E-state index contributed by atoms with van der Waals surface area (Å²) in [4.78, 5) is -0.954. The molecule has 2 heteroatoms. The molecule has 0 spiro atoms. The van der Waals surface area contributed by atoms with Gasteiger partial charge in [0.25, 0.3) is 0 Å². The van der Waals surface area contributed by atoms with Crippen LogP contribution in [0.2, 0.25) is 2.82 Å². The molecule has 7 heavy (non-hydrogen) atoms. The fourth-order valence-electron chi connectivity index (χ4n) is 0. The Hall–Kier alpha value is 0.180. The molecule has 0 unspecified atom stereocenters. The van der Waals surface area contributed by atoms with Gasteiger partial charge in [0.1, 0.15) is 2.82 Å². The van der Waals surface area contributed by atoms with E-state index in [0.717, 1.165) is 13.8 Å². The van der Waals surface area contributed by atoms with Gasteiger partial charge in [0, 0.05) is 4.11 Å². The quantitative estimate of drug-likeness (QED) is 0.467. The van der Waals surface area contributed by atoms with Crippen molar-refractivity contribution < 1.29 is 6.94 Å². The predicted molar refractivity (Wildman–Crippen MR) is 41.8 cm³/mol. The average molecular weight is 130 g/mol. The summed E-state index contributed by atoms with van der Waals surface area (Å²) < 4.78 is 64.7. The van der Waals surface area contributed by atoms with Crippen LogP contribution >= 0.6 is 11.8 Å². The lowest BCUT2D eigenvalue weighted by Gasteiger charge is -2.16. The van der Waals surface area contributed by atoms with E-state index >= 15 is 0 Å². The number of hydrogen-bond acceptors (Lipinski definition) is 0. The van der Waals surface area contributed by atoms with E-state index in [4.69, 9.17) is 11.4 Å². The highest BCUT2D eigenvalue weighted by molar-refractivity contribution is 7.80. The van der Waals surface area contributed by atoms with Crippen molar-refractivity contribution in [2.45, 2.75) is 20.7 Å². The molecular formula is C5H15NS. The third-order valence-electron chi connectivity index (χ3n) is 0.535. The van der Waals surface area contributed by atoms with E-state index in [-0.39, 0.29) is 5.72 Å². The zero-order valence-corrected chi connectivity index (χ0v) is 5.17. The number of hydrogen-bond donors (Lipinski definition) is 1. The minimum Gasteiger partial charge on any atom is -0.303 e. The van der Waals surface area contributed by atoms with Crippen LogP contribution in [0.25, 0.3) is 0 Å². The molecule has 46 valence electrons. The van der Waals surface area contributed by atoms with Crippen LogP contribution in [0.3, 0.4) is 0 Å². The molecule has 0 aromatic heterocycles. The monoisotopic (exact) mass is 130 g/mol. The molecule has 0 amide bonds. The molecule has 0 fully saturated rings. The molecular weight excluding hydrogens is 106 g/mol. The minimum atomic E-state index is -5.20. The Morgan fingerprint density at radius 1 is 2.14 bits per heavy atom. The van der Waals surface area contributed by atoms with Gasteiger partial charge in [-0.15, -0.1) is 0 Å². The summed E-state index contributed by atoms with van der Waals surface area (Å²) in [6.45, 7) is -0.481. The van der Waals surface area contributed by atoms with Crippen LogP contribution in [0.1, 0.15) is 24.8 Å². The lowest BCUT2D eigenvalue weighted by atomic mass is 9.97. The normalized spacial score (nSPS) is 40.4. The molecule has 2 N–H and O–H groups in total. The Bertz CT molecular complexity index is 324. The van der Waals surface area contributed by atoms with Crippen molar-refractivity contribution in [2.24, 2.45) is 11.1 Å². The molecule has 0 heterocycles. The summed E-state index contributed by atoms with van der Waals surface area (Å²) in [5, 5.41) is 0. The van der Waals surface area contributed by atoms with Gasteiger partial charge >= 0.3 is 0 Å². The molecule has 0 rings (SSSR count). The maximum atomic E-state index is 7.25. The molecule has 0 aliphatic rings. The van der Waals surface area contributed by atoms with E-state index in [1.165, 1.54) is 0 Å². The predicted octanol–water partition coefficient (Wildman–Crippen LogP) is 0.248. The van der Waals surface area contributed by atoms with E-state index in [2.05, 4.69) is 0 Å². The van der Waals surface area contributed by atoms with E-state index in [1.807, 2.05) is 0 Å². The first-order valence-corrected chi connectivity index (χ1v) is 2.34. The van der Waals surface area contributed by atoms with E-state index < -0.39 is 29.1 Å². The SMILES string of the molecule is [2H]N([2H])C(C(C)(C)C([2H])([2H])[2H])=S([2H])([2H])([2H])[2H]. The molecule has 0 radical (unpaired) electrons. The Kier molecular flexibility index (Phi) is 0.335. The topological polar surface area (TPSA) is 26.0 Å². The Labute approximate surface area is 61.4 Å². The molecule has 0 bridgehead atoms. The lowest BCUT2D eigenvalue weighted by Crippen LogP contribution is -2.25. The molecule has 0 saturated carbocycles. The van der Waals surface area contributed by atoms with Crippen LogP contribution in [0.15, 0.2) is 0 Å². The maximum Gasteiger partial charge on any atom is 0.124 e. The van der Waals surface area contributed by atoms with Gasteiger partial charge < -0.3 is 5.72 Å². The summed E-state index contributed by atoms with van der Waals surface area (Å²) in [6, 6.07) is 0. The average Bonchev–Trinajstić information content (AvgIpc) is 1.73. The first-order valence-electron chi connectivity index (χ1n) is 5.96. The van der Waals surface area contributed by atoms with Crippen molar-refractivity contribution in [3.8, 4) is 0 Å². The fourth-order valence-corrected chi connectivity index (χ4v) is 0. The highest BCUT2D eigenvalue weighted by Crippen LogP contribution is 2.11. The number of rotatable bonds is 0. The summed E-state index contributed by atoms with van der Waals surface area (Å²) >= 11 is -5.20. The Morgan fingerprint density at radius 2 is 2.86 bits per heavy atom. The fraction of sp³-hybridized carbons (Fsp3) is 0.800. The highest BCUT2D eigenvalue weighted by Gasteiger charge is 2.09. The van der Waals surface area contributed by atoms with Crippen molar-refractivity contribution >= 4 is 16.8 Å². The van der Waals surface area contributed by atoms with Crippen LogP contribution in [-0.2, 0) is 0 Å². The first-order chi connectivity index (χ1) is 6.57. The minimum absolute atomic E-state index is 0.256. The van der Waals surface area contributed by atoms with Gasteiger partial charge in [-0.2, -0.15) is 0 Å². The van der Waals surface area contributed by atoms with Gasteiger partial charge in [0.2, 0.25) is 0 Å². The standard InChI is InChI=1S/C5H15NS/c1-5(2,3)4(6)7/h6H2,1-3H3,7H4/i1D3,7D4/hD2. The summed E-state index contributed by atoms with van der Waals surface area (Å²) in [7, 11) is 0. The van der Waals surface area contributed by atoms with Crippen LogP contribution in [0.4, 0.5) is 0 Å². The zero-order valence-electron chi connectivity index (χ0n) is 13.4. The van der Waals surface area contributed by atoms with Gasteiger partial charge in [-0.3, -0.25) is 11.8 Å². The summed E-state index contributed by atoms with van der Waals surface area (Å²) in [6.07, 6.45) is 0. The van der Waals surface area contributed by atoms with Crippen molar-refractivity contribution in [1.29, 1.82) is 4.50 Å². The van der Waals surface area contributed by atoms with E-state index in [9.17, 15) is 0 Å². The van der Waals surface area contributed by atoms with Crippen molar-refractivity contribution in [3.63, 3.8) is 0 Å². The number of nitrogens with two attached hydrogens (primary N) is 1. The summed E-state index contributed by atoms with van der Waals surface area (Å²) in [5.41, 5.74) is -2.17. The molecule has 0 atom stereocenters. The van der Waals surface area contributed by atoms with Crippen LogP contribution in [-0.4, -0.2) is 9.48 Å². The maximum absolute atomic E-state index is 7.25. The molecule has 0 saturated heterocycles. The van der Waals surface area contributed by atoms with Crippen LogP contribution < -0.4 is 5.72 Å². The second-order valence-corrected chi connectivity index (χ2v) is 2.32. The second-order valence-electron chi connectivity index (χ2n) is 1.93. The van der Waals surface area contributed by atoms with Gasteiger partial charge in [-0.1, -0.05) is 20.7 Å². The van der Waals surface area contributed by atoms with Crippen molar-refractivity contribution in [1.82, 2.24) is 0 Å². The van der Waals surface area contributed by atoms with Gasteiger partial charge in [-0.05, 0) is 10.4 Å². The van der Waals surface area contributed by atoms with Gasteiger partial charge in [-0.25, -0.2) is 0 Å². The van der Waals surface area contributed by atoms with Crippen molar-refractivity contribution in [2.75, 3.05) is 0 Å². The van der Waals surface area contributed by atoms with Crippen LogP contribution in [0.5, 0.6) is 0 Å². The van der Waals surface area contributed by atoms with E-state index in [1.54, 1.807) is 0 Å². The van der Waals surface area contributed by atoms with Gasteiger partial charge in [0.05, 0.1) is 4.50 Å². The largest absolute Gasteiger partial charge is 0.303 e. The molecule has 0 aliphatic carbocycles. The van der Waals surface area contributed by atoms with E-state index in [0.29, 0.717) is 0 Å². The molecule has 0 aromatic rings. The lowest BCUT2D eigenvalue weighted by molar-refractivity contribution is 0.595. The Balaban J connectivity index is 6.14. The highest BCUT2D eigenvalue weighted by atomic mass is 32.1. The van der Waals surface area contributed by atoms with Crippen LogP contribution in [0, 0.1) is 5.41 Å².